The average Bonchev–Trinajstić information content (AvgIpc) is 2.53. The van der Waals surface area contributed by atoms with Gasteiger partial charge in [0, 0.05) is 30.7 Å². The van der Waals surface area contributed by atoms with Crippen molar-refractivity contribution in [3.05, 3.63) is 0 Å². The maximum absolute atomic E-state index is 6.00. The highest BCUT2D eigenvalue weighted by Gasteiger charge is 2.52. The number of rotatable bonds is 0. The van der Waals surface area contributed by atoms with Gasteiger partial charge in [-0.1, -0.05) is 20.8 Å². The van der Waals surface area contributed by atoms with E-state index in [4.69, 9.17) is 4.74 Å². The van der Waals surface area contributed by atoms with Crippen molar-refractivity contribution in [2.75, 3.05) is 13.2 Å². The lowest BCUT2D eigenvalue weighted by atomic mass is 9.81. The summed E-state index contributed by atoms with van der Waals surface area (Å²) in [6, 6.07) is 0.569. The predicted molar refractivity (Wildman–Crippen MR) is 67.5 cm³/mol. The molecule has 94 valence electrons. The summed E-state index contributed by atoms with van der Waals surface area (Å²) in [5.41, 5.74) is 0.558. The summed E-state index contributed by atoms with van der Waals surface area (Å²) in [6.45, 7) is 16.2. The van der Waals surface area contributed by atoms with E-state index in [1.165, 1.54) is 13.0 Å². The van der Waals surface area contributed by atoms with Crippen LogP contribution >= 0.6 is 0 Å². The molecule has 2 heterocycles. The van der Waals surface area contributed by atoms with Crippen LogP contribution in [0.2, 0.25) is 0 Å². The fourth-order valence-electron chi connectivity index (χ4n) is 3.39. The van der Waals surface area contributed by atoms with E-state index in [0.717, 1.165) is 12.5 Å². The fraction of sp³-hybridized carbons (Fsp3) is 1.00. The number of nitrogens with zero attached hydrogens (tertiary/aromatic N) is 1. The van der Waals surface area contributed by atoms with Crippen molar-refractivity contribution in [3.8, 4) is 0 Å². The fourth-order valence-corrected chi connectivity index (χ4v) is 3.39. The summed E-state index contributed by atoms with van der Waals surface area (Å²) in [7, 11) is 0. The molecule has 2 heteroatoms. The molecule has 0 radical (unpaired) electrons. The second-order valence-electron chi connectivity index (χ2n) is 7.52. The van der Waals surface area contributed by atoms with Gasteiger partial charge < -0.3 is 4.74 Å². The van der Waals surface area contributed by atoms with Crippen molar-refractivity contribution in [1.29, 1.82) is 0 Å². The summed E-state index contributed by atoms with van der Waals surface area (Å²) in [5, 5.41) is 0. The Morgan fingerprint density at radius 2 is 1.69 bits per heavy atom. The van der Waals surface area contributed by atoms with Gasteiger partial charge in [-0.05, 0) is 32.6 Å². The Morgan fingerprint density at radius 3 is 2.19 bits per heavy atom. The number of ether oxygens (including phenoxy) is 1. The van der Waals surface area contributed by atoms with Gasteiger partial charge in [-0.15, -0.1) is 0 Å². The maximum atomic E-state index is 6.00. The molecular weight excluding hydrogens is 198 g/mol. The van der Waals surface area contributed by atoms with E-state index in [-0.39, 0.29) is 5.54 Å². The molecule has 2 nitrogen and oxygen atoms in total. The van der Waals surface area contributed by atoms with Crippen LogP contribution in [0.25, 0.3) is 0 Å². The highest BCUT2D eigenvalue weighted by Crippen LogP contribution is 2.44. The molecule has 16 heavy (non-hydrogen) atoms. The first-order valence-corrected chi connectivity index (χ1v) is 6.59. The SMILES string of the molecule is CC(C)(C)C1C2OCCC2CN1C(C)(C)C. The summed E-state index contributed by atoms with van der Waals surface area (Å²) in [5.74, 6) is 0.767. The van der Waals surface area contributed by atoms with Gasteiger partial charge in [0.2, 0.25) is 0 Å². The first kappa shape index (κ1) is 12.4. The van der Waals surface area contributed by atoms with Crippen molar-refractivity contribution in [3.63, 3.8) is 0 Å². The molecule has 0 aromatic carbocycles. The lowest BCUT2D eigenvalue weighted by Gasteiger charge is -2.44. The standard InChI is InChI=1S/C14H27NO/c1-13(2,3)12-11-10(7-8-16-11)9-15(12)14(4,5)6/h10-12H,7-9H2,1-6H3. The van der Waals surface area contributed by atoms with Crippen LogP contribution in [0.4, 0.5) is 0 Å². The topological polar surface area (TPSA) is 12.5 Å². The Balaban J connectivity index is 2.27. The van der Waals surface area contributed by atoms with Gasteiger partial charge in [0.1, 0.15) is 0 Å². The van der Waals surface area contributed by atoms with Gasteiger partial charge in [0.05, 0.1) is 6.10 Å². The zero-order valence-corrected chi connectivity index (χ0v) is 11.7. The van der Waals surface area contributed by atoms with Crippen LogP contribution in [-0.4, -0.2) is 35.7 Å². The molecule has 2 aliphatic heterocycles. The lowest BCUT2D eigenvalue weighted by Crippen LogP contribution is -2.53. The molecule has 2 aliphatic rings. The Hall–Kier alpha value is -0.0800. The third-order valence-corrected chi connectivity index (χ3v) is 4.09. The van der Waals surface area contributed by atoms with Crippen LogP contribution < -0.4 is 0 Å². The van der Waals surface area contributed by atoms with E-state index in [1.54, 1.807) is 0 Å². The molecule has 2 saturated heterocycles. The summed E-state index contributed by atoms with van der Waals surface area (Å²) < 4.78 is 6.00. The minimum atomic E-state index is 0.256. The number of hydrogen-bond donors (Lipinski definition) is 0. The van der Waals surface area contributed by atoms with Gasteiger partial charge in [0.15, 0.2) is 0 Å². The van der Waals surface area contributed by atoms with E-state index in [0.29, 0.717) is 17.6 Å². The van der Waals surface area contributed by atoms with Crippen LogP contribution in [0.1, 0.15) is 48.0 Å². The Kier molecular flexibility index (Phi) is 2.87. The van der Waals surface area contributed by atoms with Crippen LogP contribution in [0.5, 0.6) is 0 Å². The molecule has 0 amide bonds. The zero-order chi connectivity index (χ0) is 12.1. The molecule has 0 aromatic heterocycles. The number of fused-ring (bicyclic) bond motifs is 1. The van der Waals surface area contributed by atoms with E-state index >= 15 is 0 Å². The molecule has 0 spiro atoms. The third-order valence-electron chi connectivity index (χ3n) is 4.09. The molecule has 0 aromatic rings. The Labute approximate surface area is 100 Å². The molecule has 3 unspecified atom stereocenters. The summed E-state index contributed by atoms with van der Waals surface area (Å²) >= 11 is 0. The average molecular weight is 225 g/mol. The minimum absolute atomic E-state index is 0.256. The second kappa shape index (κ2) is 3.71. The van der Waals surface area contributed by atoms with Crippen molar-refractivity contribution in [2.24, 2.45) is 11.3 Å². The Bertz CT molecular complexity index is 261. The predicted octanol–water partition coefficient (Wildman–Crippen LogP) is 2.92. The minimum Gasteiger partial charge on any atom is -0.376 e. The molecular formula is C14H27NO. The van der Waals surface area contributed by atoms with E-state index < -0.39 is 0 Å². The molecule has 2 rings (SSSR count). The van der Waals surface area contributed by atoms with E-state index in [1.807, 2.05) is 0 Å². The van der Waals surface area contributed by atoms with Crippen molar-refractivity contribution in [2.45, 2.75) is 65.6 Å². The zero-order valence-electron chi connectivity index (χ0n) is 11.7. The molecule has 3 atom stereocenters. The molecule has 2 fully saturated rings. The Morgan fingerprint density at radius 1 is 1.06 bits per heavy atom. The van der Waals surface area contributed by atoms with E-state index in [2.05, 4.69) is 46.4 Å². The third kappa shape index (κ3) is 2.02. The van der Waals surface area contributed by atoms with Crippen LogP contribution in [0, 0.1) is 11.3 Å². The first-order valence-electron chi connectivity index (χ1n) is 6.59. The smallest absolute Gasteiger partial charge is 0.0776 e. The normalized spacial score (nSPS) is 36.8. The first-order chi connectivity index (χ1) is 7.21. The van der Waals surface area contributed by atoms with Crippen molar-refractivity contribution < 1.29 is 4.74 Å². The summed E-state index contributed by atoms with van der Waals surface area (Å²) in [4.78, 5) is 2.67. The van der Waals surface area contributed by atoms with E-state index in [9.17, 15) is 0 Å². The summed E-state index contributed by atoms with van der Waals surface area (Å²) in [6.07, 6.45) is 1.73. The van der Waals surface area contributed by atoms with Crippen LogP contribution in [0.3, 0.4) is 0 Å². The van der Waals surface area contributed by atoms with Crippen LogP contribution in [-0.2, 0) is 4.74 Å². The molecule has 0 N–H and O–H groups in total. The largest absolute Gasteiger partial charge is 0.376 e. The van der Waals surface area contributed by atoms with Gasteiger partial charge >= 0.3 is 0 Å². The second-order valence-corrected chi connectivity index (χ2v) is 7.52. The molecule has 0 bridgehead atoms. The monoisotopic (exact) mass is 225 g/mol. The van der Waals surface area contributed by atoms with Gasteiger partial charge in [0.25, 0.3) is 0 Å². The molecule has 0 saturated carbocycles. The highest BCUT2D eigenvalue weighted by atomic mass is 16.5. The van der Waals surface area contributed by atoms with Crippen molar-refractivity contribution in [1.82, 2.24) is 4.90 Å². The lowest BCUT2D eigenvalue weighted by molar-refractivity contribution is -0.0202. The van der Waals surface area contributed by atoms with Gasteiger partial charge in [-0.25, -0.2) is 0 Å². The number of likely N-dealkylation sites (tertiary alicyclic amines) is 1. The number of hydrogen-bond acceptors (Lipinski definition) is 2. The van der Waals surface area contributed by atoms with Crippen LogP contribution in [0.15, 0.2) is 0 Å². The highest BCUT2D eigenvalue weighted by molar-refractivity contribution is 5.05. The quantitative estimate of drug-likeness (QED) is 0.628. The maximum Gasteiger partial charge on any atom is 0.0776 e. The van der Waals surface area contributed by atoms with Crippen molar-refractivity contribution >= 4 is 0 Å². The van der Waals surface area contributed by atoms with Gasteiger partial charge in [-0.2, -0.15) is 0 Å². The van der Waals surface area contributed by atoms with Gasteiger partial charge in [-0.3, -0.25) is 4.90 Å². The molecule has 0 aliphatic carbocycles.